The van der Waals surface area contributed by atoms with Crippen LogP contribution < -0.4 is 10.1 Å². The number of nitrogens with zero attached hydrogens (tertiary/aromatic N) is 1. The third-order valence-corrected chi connectivity index (χ3v) is 3.00. The molecule has 0 saturated heterocycles. The molecule has 0 heterocycles. The number of benzene rings is 2. The number of nitro benzene ring substituents is 1. The summed E-state index contributed by atoms with van der Waals surface area (Å²) >= 11 is 0. The molecule has 1 atom stereocenters. The summed E-state index contributed by atoms with van der Waals surface area (Å²) in [5.41, 5.74) is -0.253. The van der Waals surface area contributed by atoms with Crippen molar-refractivity contribution < 1.29 is 24.0 Å². The van der Waals surface area contributed by atoms with Crippen molar-refractivity contribution in [3.05, 3.63) is 64.0 Å². The molecule has 1 amide bonds. The molecule has 2 N–H and O–H groups in total. The second-order valence-electron chi connectivity index (χ2n) is 5.06. The Kier molecular flexibility index (Phi) is 5.43. The fourth-order valence-electron chi connectivity index (χ4n) is 1.89. The lowest BCUT2D eigenvalue weighted by Gasteiger charge is -2.09. The smallest absolute Gasteiger partial charge is 0.314 e. The number of hydrogen-bond donors (Lipinski definition) is 2. The largest absolute Gasteiger partial charge is 0.450 e. The van der Waals surface area contributed by atoms with Gasteiger partial charge in [0.25, 0.3) is 5.91 Å². The number of rotatable bonds is 6. The molecule has 2 rings (SSSR count). The number of aliphatic hydroxyl groups excluding tert-OH is 1. The maximum atomic E-state index is 13.1. The van der Waals surface area contributed by atoms with Gasteiger partial charge in [0.15, 0.2) is 0 Å². The topological polar surface area (TPSA) is 102 Å². The third kappa shape index (κ3) is 4.50. The average Bonchev–Trinajstić information content (AvgIpc) is 2.54. The quantitative estimate of drug-likeness (QED) is 0.624. The Hall–Kier alpha value is -3.00. The predicted molar refractivity (Wildman–Crippen MR) is 83.6 cm³/mol. The number of halogens is 1. The Labute approximate surface area is 136 Å². The minimum atomic E-state index is -0.752. The van der Waals surface area contributed by atoms with Crippen LogP contribution in [0.1, 0.15) is 17.3 Å². The van der Waals surface area contributed by atoms with E-state index in [0.29, 0.717) is 0 Å². The molecule has 126 valence electrons. The van der Waals surface area contributed by atoms with E-state index in [1.165, 1.54) is 25.1 Å². The fraction of sp³-hybridized carbons (Fsp3) is 0.188. The van der Waals surface area contributed by atoms with E-state index in [9.17, 15) is 19.3 Å². The molecule has 1 unspecified atom stereocenters. The van der Waals surface area contributed by atoms with E-state index in [1.54, 1.807) is 6.07 Å². The van der Waals surface area contributed by atoms with Gasteiger partial charge in [-0.2, -0.15) is 0 Å². The number of carbonyl (C=O) groups is 1. The van der Waals surface area contributed by atoms with Gasteiger partial charge < -0.3 is 15.2 Å². The van der Waals surface area contributed by atoms with Crippen LogP contribution in [0.15, 0.2) is 42.5 Å². The molecular formula is C16H15FN2O5. The first kappa shape index (κ1) is 17.4. The first-order valence-electron chi connectivity index (χ1n) is 7.05. The van der Waals surface area contributed by atoms with Crippen LogP contribution in [0.4, 0.5) is 10.1 Å². The van der Waals surface area contributed by atoms with E-state index < -0.39 is 28.4 Å². The van der Waals surface area contributed by atoms with Crippen molar-refractivity contribution in [2.24, 2.45) is 0 Å². The van der Waals surface area contributed by atoms with Crippen LogP contribution in [0.3, 0.4) is 0 Å². The third-order valence-electron chi connectivity index (χ3n) is 3.00. The number of amides is 1. The van der Waals surface area contributed by atoms with E-state index in [-0.39, 0.29) is 23.6 Å². The average molecular weight is 334 g/mol. The highest BCUT2D eigenvalue weighted by Gasteiger charge is 2.17. The van der Waals surface area contributed by atoms with Crippen molar-refractivity contribution in [3.8, 4) is 11.5 Å². The summed E-state index contributed by atoms with van der Waals surface area (Å²) in [5.74, 6) is -1.12. The van der Waals surface area contributed by atoms with Gasteiger partial charge in [0, 0.05) is 12.1 Å². The van der Waals surface area contributed by atoms with E-state index in [4.69, 9.17) is 9.84 Å². The summed E-state index contributed by atoms with van der Waals surface area (Å²) in [6, 6.07) is 8.93. The van der Waals surface area contributed by atoms with Crippen molar-refractivity contribution in [3.63, 3.8) is 0 Å². The zero-order valence-corrected chi connectivity index (χ0v) is 12.7. The zero-order chi connectivity index (χ0) is 17.7. The van der Waals surface area contributed by atoms with Crippen molar-refractivity contribution in [2.45, 2.75) is 13.0 Å². The number of aliphatic hydroxyl groups is 1. The Morgan fingerprint density at radius 3 is 2.79 bits per heavy atom. The summed E-state index contributed by atoms with van der Waals surface area (Å²) < 4.78 is 18.5. The highest BCUT2D eigenvalue weighted by atomic mass is 19.1. The summed E-state index contributed by atoms with van der Waals surface area (Å²) in [6.07, 6.45) is -0.685. The van der Waals surface area contributed by atoms with Crippen molar-refractivity contribution in [1.29, 1.82) is 0 Å². The monoisotopic (exact) mass is 334 g/mol. The molecule has 2 aromatic rings. The van der Waals surface area contributed by atoms with Gasteiger partial charge in [-0.1, -0.05) is 6.07 Å². The van der Waals surface area contributed by atoms with Crippen LogP contribution >= 0.6 is 0 Å². The maximum Gasteiger partial charge on any atom is 0.314 e. The number of hydrogen-bond acceptors (Lipinski definition) is 5. The van der Waals surface area contributed by atoms with Gasteiger partial charge in [-0.25, -0.2) is 4.39 Å². The van der Waals surface area contributed by atoms with E-state index in [1.807, 2.05) is 0 Å². The molecule has 0 bridgehead atoms. The summed E-state index contributed by atoms with van der Waals surface area (Å²) in [4.78, 5) is 22.1. The van der Waals surface area contributed by atoms with E-state index >= 15 is 0 Å². The van der Waals surface area contributed by atoms with Crippen LogP contribution in [0.5, 0.6) is 11.5 Å². The standard InChI is InChI=1S/C16H15FN2O5/c1-10(20)9-18-16(21)11-3-2-4-13(7-11)24-15-6-5-12(17)8-14(15)19(22)23/h2-8,10,20H,9H2,1H3,(H,18,21). The van der Waals surface area contributed by atoms with Crippen LogP contribution in [-0.4, -0.2) is 28.6 Å². The second kappa shape index (κ2) is 7.51. The van der Waals surface area contributed by atoms with Gasteiger partial charge in [0.05, 0.1) is 17.1 Å². The predicted octanol–water partition coefficient (Wildman–Crippen LogP) is 2.64. The van der Waals surface area contributed by atoms with Crippen molar-refractivity contribution in [1.82, 2.24) is 5.32 Å². The summed E-state index contributed by atoms with van der Waals surface area (Å²) in [6.45, 7) is 1.63. The molecule has 0 aliphatic rings. The minimum Gasteiger partial charge on any atom is -0.450 e. The van der Waals surface area contributed by atoms with E-state index in [2.05, 4.69) is 5.32 Å². The molecule has 7 nitrogen and oxygen atoms in total. The molecule has 0 aliphatic heterocycles. The molecular weight excluding hydrogens is 319 g/mol. The second-order valence-corrected chi connectivity index (χ2v) is 5.06. The molecule has 2 aromatic carbocycles. The Balaban J connectivity index is 2.21. The van der Waals surface area contributed by atoms with Crippen LogP contribution in [0.25, 0.3) is 0 Å². The molecule has 8 heteroatoms. The lowest BCUT2D eigenvalue weighted by atomic mass is 10.2. The summed E-state index contributed by atoms with van der Waals surface area (Å²) in [5, 5.41) is 22.7. The molecule has 24 heavy (non-hydrogen) atoms. The Morgan fingerprint density at radius 1 is 1.38 bits per heavy atom. The lowest BCUT2D eigenvalue weighted by Crippen LogP contribution is -2.30. The zero-order valence-electron chi connectivity index (χ0n) is 12.7. The number of nitro groups is 1. The van der Waals surface area contributed by atoms with Crippen LogP contribution in [-0.2, 0) is 0 Å². The number of nitrogens with one attached hydrogen (secondary N) is 1. The van der Waals surface area contributed by atoms with Gasteiger partial charge in [-0.05, 0) is 37.3 Å². The highest BCUT2D eigenvalue weighted by molar-refractivity contribution is 5.94. The Bertz CT molecular complexity index is 764. The SMILES string of the molecule is CC(O)CNC(=O)c1cccc(Oc2ccc(F)cc2[N+](=O)[O-])c1. The first-order chi connectivity index (χ1) is 11.4. The van der Waals surface area contributed by atoms with Gasteiger partial charge >= 0.3 is 5.69 Å². The van der Waals surface area contributed by atoms with E-state index in [0.717, 1.165) is 18.2 Å². The van der Waals surface area contributed by atoms with Gasteiger partial charge in [-0.15, -0.1) is 0 Å². The van der Waals surface area contributed by atoms with Gasteiger partial charge in [-0.3, -0.25) is 14.9 Å². The molecule has 0 saturated carbocycles. The molecule has 0 radical (unpaired) electrons. The fourth-order valence-corrected chi connectivity index (χ4v) is 1.89. The number of ether oxygens (including phenoxy) is 1. The molecule has 0 spiro atoms. The van der Waals surface area contributed by atoms with Crippen molar-refractivity contribution >= 4 is 11.6 Å². The van der Waals surface area contributed by atoms with Crippen LogP contribution in [0.2, 0.25) is 0 Å². The minimum absolute atomic E-state index is 0.0906. The van der Waals surface area contributed by atoms with Gasteiger partial charge in [0.1, 0.15) is 11.6 Å². The maximum absolute atomic E-state index is 13.1. The summed E-state index contributed by atoms with van der Waals surface area (Å²) in [7, 11) is 0. The molecule has 0 aromatic heterocycles. The highest BCUT2D eigenvalue weighted by Crippen LogP contribution is 2.32. The molecule has 0 fully saturated rings. The molecule has 0 aliphatic carbocycles. The van der Waals surface area contributed by atoms with Gasteiger partial charge in [0.2, 0.25) is 5.75 Å². The Morgan fingerprint density at radius 2 is 2.12 bits per heavy atom. The number of carbonyl (C=O) groups excluding carboxylic acids is 1. The lowest BCUT2D eigenvalue weighted by molar-refractivity contribution is -0.385. The van der Waals surface area contributed by atoms with Crippen molar-refractivity contribution in [2.75, 3.05) is 6.54 Å². The first-order valence-corrected chi connectivity index (χ1v) is 7.05. The normalized spacial score (nSPS) is 11.6. The van der Waals surface area contributed by atoms with Crippen LogP contribution in [0, 0.1) is 15.9 Å².